The van der Waals surface area contributed by atoms with Crippen LogP contribution in [0, 0.1) is 11.3 Å². The van der Waals surface area contributed by atoms with Crippen LogP contribution in [-0.4, -0.2) is 53.1 Å². The van der Waals surface area contributed by atoms with Crippen LogP contribution in [0.25, 0.3) is 0 Å². The highest BCUT2D eigenvalue weighted by Crippen LogP contribution is 2.32. The lowest BCUT2D eigenvalue weighted by molar-refractivity contribution is -0.0947. The molecule has 1 aliphatic rings. The third-order valence-corrected chi connectivity index (χ3v) is 3.70. The van der Waals surface area contributed by atoms with Crippen molar-refractivity contribution in [1.82, 2.24) is 4.90 Å². The second-order valence-electron chi connectivity index (χ2n) is 5.79. The molecule has 0 saturated carbocycles. The molecule has 1 amide bonds. The summed E-state index contributed by atoms with van der Waals surface area (Å²) in [6.45, 7) is 8.79. The lowest BCUT2D eigenvalue weighted by Crippen LogP contribution is -2.57. The topological polar surface area (TPSA) is 70.0 Å². The van der Waals surface area contributed by atoms with E-state index in [1.165, 1.54) is 4.90 Å². The van der Waals surface area contributed by atoms with E-state index in [9.17, 15) is 9.90 Å². The molecule has 0 aromatic rings. The summed E-state index contributed by atoms with van der Waals surface area (Å²) >= 11 is 0. The number of amides is 1. The Morgan fingerprint density at radius 3 is 2.53 bits per heavy atom. The van der Waals surface area contributed by atoms with E-state index in [1.807, 2.05) is 6.92 Å². The van der Waals surface area contributed by atoms with Crippen molar-refractivity contribution in [3.05, 3.63) is 0 Å². The summed E-state index contributed by atoms with van der Waals surface area (Å²) < 4.78 is 5.48. The molecule has 100 valence electrons. The number of nitrogens with zero attached hydrogens (tertiary/aromatic N) is 1. The van der Waals surface area contributed by atoms with Gasteiger partial charge in [0.25, 0.3) is 0 Å². The second-order valence-corrected chi connectivity index (χ2v) is 5.79. The summed E-state index contributed by atoms with van der Waals surface area (Å²) in [5, 5.41) is 18.3. The average molecular weight is 245 g/mol. The van der Waals surface area contributed by atoms with Gasteiger partial charge in [0.15, 0.2) is 0 Å². The van der Waals surface area contributed by atoms with Gasteiger partial charge in [-0.3, -0.25) is 0 Å². The highest BCUT2D eigenvalue weighted by molar-refractivity contribution is 5.65. The van der Waals surface area contributed by atoms with Crippen LogP contribution in [0.2, 0.25) is 0 Å². The van der Waals surface area contributed by atoms with Crippen LogP contribution in [0.15, 0.2) is 0 Å². The summed E-state index contributed by atoms with van der Waals surface area (Å²) in [6, 6.07) is -0.143. The molecular weight excluding hydrogens is 222 g/mol. The molecule has 1 fully saturated rings. The zero-order valence-electron chi connectivity index (χ0n) is 11.0. The molecule has 5 heteroatoms. The first-order valence-corrected chi connectivity index (χ1v) is 5.99. The lowest BCUT2D eigenvalue weighted by atomic mass is 9.77. The molecule has 5 nitrogen and oxygen atoms in total. The summed E-state index contributed by atoms with van der Waals surface area (Å²) in [7, 11) is 0. The van der Waals surface area contributed by atoms with Crippen molar-refractivity contribution in [3.8, 4) is 0 Å². The Morgan fingerprint density at radius 1 is 1.53 bits per heavy atom. The van der Waals surface area contributed by atoms with E-state index in [-0.39, 0.29) is 30.5 Å². The summed E-state index contributed by atoms with van der Waals surface area (Å²) in [5.74, 6) is 0.193. The maximum Gasteiger partial charge on any atom is 0.407 e. The molecule has 0 radical (unpaired) electrons. The van der Waals surface area contributed by atoms with Gasteiger partial charge in [-0.15, -0.1) is 0 Å². The quantitative estimate of drug-likeness (QED) is 0.771. The van der Waals surface area contributed by atoms with Gasteiger partial charge in [0.05, 0.1) is 31.9 Å². The number of ether oxygens (including phenoxy) is 1. The number of aliphatic hydroxyl groups is 1. The molecule has 1 saturated heterocycles. The number of hydrogen-bond donors (Lipinski definition) is 2. The van der Waals surface area contributed by atoms with E-state index in [2.05, 4.69) is 20.8 Å². The fraction of sp³-hybridized carbons (Fsp3) is 0.917. The van der Waals surface area contributed by atoms with Crippen molar-refractivity contribution in [3.63, 3.8) is 0 Å². The van der Waals surface area contributed by atoms with Gasteiger partial charge in [0.1, 0.15) is 0 Å². The molecule has 3 atom stereocenters. The molecule has 0 spiro atoms. The molecule has 0 aromatic heterocycles. The van der Waals surface area contributed by atoms with Crippen molar-refractivity contribution in [2.24, 2.45) is 11.3 Å². The van der Waals surface area contributed by atoms with E-state index in [0.29, 0.717) is 6.61 Å². The van der Waals surface area contributed by atoms with E-state index in [0.717, 1.165) is 0 Å². The van der Waals surface area contributed by atoms with Crippen molar-refractivity contribution >= 4 is 6.09 Å². The van der Waals surface area contributed by atoms with Crippen LogP contribution in [-0.2, 0) is 4.74 Å². The largest absolute Gasteiger partial charge is 0.465 e. The first-order chi connectivity index (χ1) is 7.77. The summed E-state index contributed by atoms with van der Waals surface area (Å²) in [6.07, 6.45) is -1.33. The van der Waals surface area contributed by atoms with Gasteiger partial charge in [-0.1, -0.05) is 27.7 Å². The highest BCUT2D eigenvalue weighted by atomic mass is 16.5. The fourth-order valence-electron chi connectivity index (χ4n) is 2.05. The van der Waals surface area contributed by atoms with E-state index < -0.39 is 12.2 Å². The first-order valence-electron chi connectivity index (χ1n) is 5.99. The Morgan fingerprint density at radius 2 is 2.12 bits per heavy atom. The zero-order chi connectivity index (χ0) is 13.2. The summed E-state index contributed by atoms with van der Waals surface area (Å²) in [4.78, 5) is 12.6. The molecule has 2 N–H and O–H groups in total. The smallest absolute Gasteiger partial charge is 0.407 e. The number of rotatable bonds is 2. The maximum absolute atomic E-state index is 11.2. The normalized spacial score (nSPS) is 27.9. The number of morpholine rings is 1. The Labute approximate surface area is 102 Å². The van der Waals surface area contributed by atoms with Gasteiger partial charge in [0.2, 0.25) is 0 Å². The molecule has 0 bridgehead atoms. The van der Waals surface area contributed by atoms with Gasteiger partial charge >= 0.3 is 6.09 Å². The molecule has 1 heterocycles. The predicted octanol–water partition coefficient (Wildman–Crippen LogP) is 1.41. The van der Waals surface area contributed by atoms with Gasteiger partial charge in [-0.05, 0) is 11.3 Å². The minimum absolute atomic E-state index is 0.0216. The van der Waals surface area contributed by atoms with Gasteiger partial charge < -0.3 is 19.8 Å². The molecule has 1 aliphatic heterocycles. The van der Waals surface area contributed by atoms with Crippen LogP contribution < -0.4 is 0 Å². The van der Waals surface area contributed by atoms with E-state index in [4.69, 9.17) is 9.84 Å². The first kappa shape index (κ1) is 14.3. The van der Waals surface area contributed by atoms with E-state index in [1.54, 1.807) is 0 Å². The van der Waals surface area contributed by atoms with Gasteiger partial charge in [-0.2, -0.15) is 0 Å². The third kappa shape index (κ3) is 3.33. The molecule has 0 aromatic carbocycles. The molecule has 1 rings (SSSR count). The average Bonchev–Trinajstić information content (AvgIpc) is 2.25. The SMILES string of the molecule is CC([C@@H]1CO[C@H](CO)CN1C(=O)O)C(C)(C)C. The Balaban J connectivity index is 2.80. The van der Waals surface area contributed by atoms with Gasteiger partial charge in [-0.25, -0.2) is 4.79 Å². The summed E-state index contributed by atoms with van der Waals surface area (Å²) in [5.41, 5.74) is 0.0216. The number of hydrogen-bond acceptors (Lipinski definition) is 3. The van der Waals surface area contributed by atoms with Crippen LogP contribution in [0.3, 0.4) is 0 Å². The third-order valence-electron chi connectivity index (χ3n) is 3.70. The number of aliphatic hydroxyl groups excluding tert-OH is 1. The van der Waals surface area contributed by atoms with Crippen LogP contribution >= 0.6 is 0 Å². The molecule has 17 heavy (non-hydrogen) atoms. The van der Waals surface area contributed by atoms with Crippen molar-refractivity contribution in [1.29, 1.82) is 0 Å². The van der Waals surface area contributed by atoms with Gasteiger partial charge in [0, 0.05) is 0 Å². The molecule has 0 aliphatic carbocycles. The highest BCUT2D eigenvalue weighted by Gasteiger charge is 2.39. The molecule has 1 unspecified atom stereocenters. The molecular formula is C12H23NO4. The number of carboxylic acid groups (broad SMARTS) is 1. The number of carbonyl (C=O) groups is 1. The van der Waals surface area contributed by atoms with Crippen LogP contribution in [0.1, 0.15) is 27.7 Å². The minimum atomic E-state index is -0.937. The van der Waals surface area contributed by atoms with Crippen molar-refractivity contribution < 1.29 is 19.7 Å². The Kier molecular flexibility index (Phi) is 4.38. The van der Waals surface area contributed by atoms with Crippen molar-refractivity contribution in [2.75, 3.05) is 19.8 Å². The van der Waals surface area contributed by atoms with E-state index >= 15 is 0 Å². The van der Waals surface area contributed by atoms with Crippen LogP contribution in [0.5, 0.6) is 0 Å². The Hall–Kier alpha value is -0.810. The monoisotopic (exact) mass is 245 g/mol. The van der Waals surface area contributed by atoms with Crippen molar-refractivity contribution in [2.45, 2.75) is 39.8 Å². The zero-order valence-corrected chi connectivity index (χ0v) is 11.0. The second kappa shape index (κ2) is 5.23. The standard InChI is InChI=1S/C12H23NO4/c1-8(12(2,3)4)10-7-17-9(6-14)5-13(10)11(15)16/h8-10,14H,5-7H2,1-4H3,(H,15,16)/t8?,9-,10-/m0/s1. The van der Waals surface area contributed by atoms with Crippen LogP contribution in [0.4, 0.5) is 4.79 Å². The Bertz CT molecular complexity index is 274. The minimum Gasteiger partial charge on any atom is -0.465 e. The lowest BCUT2D eigenvalue weighted by Gasteiger charge is -2.44. The fourth-order valence-corrected chi connectivity index (χ4v) is 2.05. The predicted molar refractivity (Wildman–Crippen MR) is 64.0 cm³/mol. The maximum atomic E-state index is 11.2.